The van der Waals surface area contributed by atoms with Crippen molar-refractivity contribution in [1.82, 2.24) is 14.9 Å². The van der Waals surface area contributed by atoms with Crippen LogP contribution in [0.5, 0.6) is 0 Å². The molecule has 3 rings (SSSR count). The molecule has 6 nitrogen and oxygen atoms in total. The number of nitrogens with one attached hydrogen (secondary N) is 1. The number of nitrogens with zero attached hydrogens (tertiary/aromatic N) is 4. The summed E-state index contributed by atoms with van der Waals surface area (Å²) in [7, 11) is 0. The Hall–Kier alpha value is -1.85. The molecule has 6 heteroatoms. The van der Waals surface area contributed by atoms with Crippen molar-refractivity contribution >= 4 is 17.5 Å². The van der Waals surface area contributed by atoms with Crippen LogP contribution >= 0.6 is 0 Å². The van der Waals surface area contributed by atoms with E-state index in [1.807, 2.05) is 0 Å². The topological polar surface area (TPSA) is 61.4 Å². The average Bonchev–Trinajstić information content (AvgIpc) is 2.71. The number of hydrogen-bond acceptors (Lipinski definition) is 5. The third-order valence-electron chi connectivity index (χ3n) is 5.53. The Morgan fingerprint density at radius 1 is 1.19 bits per heavy atom. The first-order chi connectivity index (χ1) is 12.8. The van der Waals surface area contributed by atoms with Crippen LogP contribution in [0.3, 0.4) is 0 Å². The van der Waals surface area contributed by atoms with Crippen LogP contribution in [0.4, 0.5) is 11.6 Å². The second kappa shape index (κ2) is 9.74. The summed E-state index contributed by atoms with van der Waals surface area (Å²) in [6, 6.07) is 2.05. The van der Waals surface area contributed by atoms with E-state index in [4.69, 9.17) is 0 Å². The lowest BCUT2D eigenvalue weighted by atomic mass is 9.93. The molecule has 2 fully saturated rings. The van der Waals surface area contributed by atoms with Crippen LogP contribution in [0.2, 0.25) is 0 Å². The van der Waals surface area contributed by atoms with Crippen LogP contribution in [0.25, 0.3) is 0 Å². The molecule has 2 aliphatic heterocycles. The maximum Gasteiger partial charge on any atom is 0.222 e. The summed E-state index contributed by atoms with van der Waals surface area (Å²) in [4.78, 5) is 25.6. The summed E-state index contributed by atoms with van der Waals surface area (Å²) in [5.74, 6) is 2.85. The molecule has 1 unspecified atom stereocenters. The number of piperidine rings is 2. The zero-order chi connectivity index (χ0) is 18.2. The summed E-state index contributed by atoms with van der Waals surface area (Å²) in [5, 5.41) is 3.33. The molecule has 0 saturated carbocycles. The molecular formula is C20H33N5O. The Morgan fingerprint density at radius 2 is 2.04 bits per heavy atom. The second-order valence-corrected chi connectivity index (χ2v) is 7.62. The van der Waals surface area contributed by atoms with Crippen molar-refractivity contribution < 1.29 is 4.79 Å². The molecule has 0 spiro atoms. The van der Waals surface area contributed by atoms with Crippen LogP contribution in [-0.2, 0) is 4.79 Å². The first-order valence-electron chi connectivity index (χ1n) is 10.3. The highest BCUT2D eigenvalue weighted by Gasteiger charge is 2.23. The summed E-state index contributed by atoms with van der Waals surface area (Å²) < 4.78 is 0. The Labute approximate surface area is 157 Å². The lowest BCUT2D eigenvalue weighted by molar-refractivity contribution is -0.132. The highest BCUT2D eigenvalue weighted by molar-refractivity contribution is 5.76. The van der Waals surface area contributed by atoms with Gasteiger partial charge >= 0.3 is 0 Å². The molecule has 0 aliphatic carbocycles. The third-order valence-corrected chi connectivity index (χ3v) is 5.53. The monoisotopic (exact) mass is 359 g/mol. The van der Waals surface area contributed by atoms with E-state index in [2.05, 4.69) is 38.1 Å². The number of likely N-dealkylation sites (tertiary alicyclic amines) is 1. The van der Waals surface area contributed by atoms with E-state index in [-0.39, 0.29) is 0 Å². The number of carbonyl (C=O) groups excluding carboxylic acids is 1. The predicted octanol–water partition coefficient (Wildman–Crippen LogP) is 3.31. The molecule has 1 aromatic rings. The SMILES string of the molecule is CCCNc1cc(N2CCCC(CCC(=O)N3CCCCC3)C2)ncn1. The van der Waals surface area contributed by atoms with Gasteiger partial charge in [0.25, 0.3) is 0 Å². The lowest BCUT2D eigenvalue weighted by Crippen LogP contribution is -2.38. The molecule has 1 atom stereocenters. The average molecular weight is 360 g/mol. The van der Waals surface area contributed by atoms with Crippen LogP contribution in [-0.4, -0.2) is 53.5 Å². The molecule has 0 radical (unpaired) electrons. The summed E-state index contributed by atoms with van der Waals surface area (Å²) in [5.41, 5.74) is 0. The van der Waals surface area contributed by atoms with Gasteiger partial charge in [-0.15, -0.1) is 0 Å². The number of carbonyl (C=O) groups is 1. The Morgan fingerprint density at radius 3 is 2.85 bits per heavy atom. The van der Waals surface area contributed by atoms with E-state index in [1.165, 1.54) is 32.1 Å². The molecule has 1 N–H and O–H groups in total. The van der Waals surface area contributed by atoms with E-state index in [0.717, 1.165) is 57.2 Å². The highest BCUT2D eigenvalue weighted by atomic mass is 16.2. The van der Waals surface area contributed by atoms with Gasteiger partial charge in [-0.1, -0.05) is 6.92 Å². The van der Waals surface area contributed by atoms with Gasteiger partial charge in [-0.2, -0.15) is 0 Å². The second-order valence-electron chi connectivity index (χ2n) is 7.62. The van der Waals surface area contributed by atoms with Gasteiger partial charge in [0.05, 0.1) is 0 Å². The third kappa shape index (κ3) is 5.32. The maximum atomic E-state index is 12.4. The van der Waals surface area contributed by atoms with Crippen molar-refractivity contribution in [1.29, 1.82) is 0 Å². The van der Waals surface area contributed by atoms with Crippen molar-refractivity contribution in [3.63, 3.8) is 0 Å². The normalized spacial score (nSPS) is 20.9. The maximum absolute atomic E-state index is 12.4. The number of anilines is 2. The first kappa shape index (κ1) is 18.9. The molecule has 144 valence electrons. The summed E-state index contributed by atoms with van der Waals surface area (Å²) >= 11 is 0. The van der Waals surface area contributed by atoms with Gasteiger partial charge in [0, 0.05) is 45.2 Å². The van der Waals surface area contributed by atoms with Crippen LogP contribution in [0.1, 0.15) is 58.3 Å². The van der Waals surface area contributed by atoms with E-state index >= 15 is 0 Å². The van der Waals surface area contributed by atoms with Gasteiger partial charge in [-0.05, 0) is 50.9 Å². The molecule has 0 aromatic carbocycles. The number of amides is 1. The van der Waals surface area contributed by atoms with E-state index in [1.54, 1.807) is 6.33 Å². The molecule has 2 aliphatic rings. The fourth-order valence-electron chi connectivity index (χ4n) is 4.01. The smallest absolute Gasteiger partial charge is 0.222 e. The van der Waals surface area contributed by atoms with Crippen LogP contribution < -0.4 is 10.2 Å². The fourth-order valence-corrected chi connectivity index (χ4v) is 4.01. The largest absolute Gasteiger partial charge is 0.370 e. The molecule has 2 saturated heterocycles. The van der Waals surface area contributed by atoms with Crippen molar-refractivity contribution in [2.75, 3.05) is 42.9 Å². The summed E-state index contributed by atoms with van der Waals surface area (Å²) in [6.45, 7) is 7.04. The van der Waals surface area contributed by atoms with E-state index in [0.29, 0.717) is 18.2 Å². The van der Waals surface area contributed by atoms with Crippen molar-refractivity contribution in [3.8, 4) is 0 Å². The Balaban J connectivity index is 1.50. The molecule has 3 heterocycles. The first-order valence-corrected chi connectivity index (χ1v) is 10.3. The van der Waals surface area contributed by atoms with Gasteiger partial charge in [-0.25, -0.2) is 9.97 Å². The zero-order valence-electron chi connectivity index (χ0n) is 16.1. The van der Waals surface area contributed by atoms with Crippen molar-refractivity contribution in [3.05, 3.63) is 12.4 Å². The summed E-state index contributed by atoms with van der Waals surface area (Å²) in [6.07, 6.45) is 10.4. The van der Waals surface area contributed by atoms with E-state index < -0.39 is 0 Å². The van der Waals surface area contributed by atoms with Crippen LogP contribution in [0, 0.1) is 5.92 Å². The predicted molar refractivity (Wildman–Crippen MR) is 105 cm³/mol. The number of aromatic nitrogens is 2. The number of rotatable bonds is 7. The minimum absolute atomic E-state index is 0.356. The van der Waals surface area contributed by atoms with Gasteiger partial charge in [0.1, 0.15) is 18.0 Å². The van der Waals surface area contributed by atoms with Crippen LogP contribution in [0.15, 0.2) is 12.4 Å². The molecule has 26 heavy (non-hydrogen) atoms. The van der Waals surface area contributed by atoms with Crippen molar-refractivity contribution in [2.45, 2.75) is 58.3 Å². The lowest BCUT2D eigenvalue weighted by Gasteiger charge is -2.34. The Kier molecular flexibility index (Phi) is 7.09. The Bertz CT molecular complexity index is 573. The molecule has 0 bridgehead atoms. The van der Waals surface area contributed by atoms with Gasteiger partial charge in [-0.3, -0.25) is 4.79 Å². The van der Waals surface area contributed by atoms with Gasteiger partial charge in [0.15, 0.2) is 0 Å². The van der Waals surface area contributed by atoms with E-state index in [9.17, 15) is 4.79 Å². The molecule has 1 amide bonds. The molecule has 1 aromatic heterocycles. The number of hydrogen-bond donors (Lipinski definition) is 1. The zero-order valence-corrected chi connectivity index (χ0v) is 16.1. The van der Waals surface area contributed by atoms with Crippen molar-refractivity contribution in [2.24, 2.45) is 5.92 Å². The fraction of sp³-hybridized carbons (Fsp3) is 0.750. The highest BCUT2D eigenvalue weighted by Crippen LogP contribution is 2.26. The minimum atomic E-state index is 0.356. The van der Waals surface area contributed by atoms with Gasteiger partial charge in [0.2, 0.25) is 5.91 Å². The minimum Gasteiger partial charge on any atom is -0.370 e. The van der Waals surface area contributed by atoms with Gasteiger partial charge < -0.3 is 15.1 Å². The standard InChI is InChI=1S/C20H33N5O/c1-2-10-21-18-14-19(23-16-22-18)25-13-6-7-17(15-25)8-9-20(26)24-11-4-3-5-12-24/h14,16-17H,2-13,15H2,1H3,(H,21,22,23). The quantitative estimate of drug-likeness (QED) is 0.809. The molecular weight excluding hydrogens is 326 g/mol.